The Labute approximate surface area is 168 Å². The number of nitrogens with one attached hydrogen (secondary N) is 1. The average Bonchev–Trinajstić information content (AvgIpc) is 2.77. The first-order valence-corrected chi connectivity index (χ1v) is 9.19. The summed E-state index contributed by atoms with van der Waals surface area (Å²) < 4.78 is 14.5. The van der Waals surface area contributed by atoms with Gasteiger partial charge in [-0.3, -0.25) is 19.6 Å². The zero-order chi connectivity index (χ0) is 20.8. The number of hydrogen-bond donors (Lipinski definition) is 1. The number of hydrogen-bond acceptors (Lipinski definition) is 4. The van der Waals surface area contributed by atoms with Crippen LogP contribution in [0.2, 0.25) is 0 Å². The lowest BCUT2D eigenvalue weighted by atomic mass is 10.1. The van der Waals surface area contributed by atoms with Crippen LogP contribution in [0.5, 0.6) is 0 Å². The van der Waals surface area contributed by atoms with Crippen molar-refractivity contribution in [2.45, 2.75) is 19.9 Å². The van der Waals surface area contributed by atoms with Gasteiger partial charge in [-0.25, -0.2) is 4.39 Å². The summed E-state index contributed by atoms with van der Waals surface area (Å²) in [6.07, 6.45) is 5.17. The van der Waals surface area contributed by atoms with Crippen LogP contribution in [0.4, 0.5) is 10.1 Å². The molecule has 0 unspecified atom stereocenters. The molecular weight excluding hydrogens is 371 g/mol. The van der Waals surface area contributed by atoms with Gasteiger partial charge in [0.1, 0.15) is 11.5 Å². The van der Waals surface area contributed by atoms with Gasteiger partial charge >= 0.3 is 0 Å². The summed E-state index contributed by atoms with van der Waals surface area (Å²) in [6, 6.07) is 11.6. The van der Waals surface area contributed by atoms with Crippen molar-refractivity contribution in [1.82, 2.24) is 15.3 Å². The number of carbonyl (C=O) groups excluding carboxylic acids is 2. The fourth-order valence-corrected chi connectivity index (χ4v) is 2.80. The SMILES string of the molecule is CCC(=O)N(C)c1ccc(-c2ccc(C(=O)NCc3cccnc3)nc2)cc1F. The van der Waals surface area contributed by atoms with E-state index in [9.17, 15) is 14.0 Å². The Kier molecular flexibility index (Phi) is 6.29. The molecule has 29 heavy (non-hydrogen) atoms. The van der Waals surface area contributed by atoms with Crippen molar-refractivity contribution in [3.05, 3.63) is 78.1 Å². The predicted octanol–water partition coefficient (Wildman–Crippen LogP) is 3.59. The molecule has 2 heterocycles. The lowest BCUT2D eigenvalue weighted by molar-refractivity contribution is -0.118. The molecule has 0 atom stereocenters. The number of aromatic nitrogens is 2. The summed E-state index contributed by atoms with van der Waals surface area (Å²) in [5, 5.41) is 2.78. The maximum Gasteiger partial charge on any atom is 0.270 e. The molecule has 0 aliphatic heterocycles. The summed E-state index contributed by atoms with van der Waals surface area (Å²) in [7, 11) is 1.55. The van der Waals surface area contributed by atoms with E-state index >= 15 is 0 Å². The lowest BCUT2D eigenvalue weighted by Gasteiger charge is -2.17. The van der Waals surface area contributed by atoms with Crippen LogP contribution in [0.1, 0.15) is 29.4 Å². The fourth-order valence-electron chi connectivity index (χ4n) is 2.80. The van der Waals surface area contributed by atoms with Gasteiger partial charge in [-0.15, -0.1) is 0 Å². The minimum absolute atomic E-state index is 0.167. The molecule has 0 radical (unpaired) electrons. The first-order valence-electron chi connectivity index (χ1n) is 9.19. The van der Waals surface area contributed by atoms with Gasteiger partial charge in [-0.2, -0.15) is 0 Å². The van der Waals surface area contributed by atoms with Crippen LogP contribution in [-0.2, 0) is 11.3 Å². The summed E-state index contributed by atoms with van der Waals surface area (Å²) in [4.78, 5) is 33.5. The molecule has 1 N–H and O–H groups in total. The molecule has 0 saturated carbocycles. The average molecular weight is 392 g/mol. The van der Waals surface area contributed by atoms with Crippen LogP contribution in [-0.4, -0.2) is 28.8 Å². The molecule has 0 aliphatic rings. The third-order valence-corrected chi connectivity index (χ3v) is 4.49. The fraction of sp³-hybridized carbons (Fsp3) is 0.182. The van der Waals surface area contributed by atoms with Crippen molar-refractivity contribution in [3.63, 3.8) is 0 Å². The highest BCUT2D eigenvalue weighted by molar-refractivity contribution is 5.93. The Morgan fingerprint density at radius 3 is 2.52 bits per heavy atom. The van der Waals surface area contributed by atoms with Gasteiger partial charge in [0.05, 0.1) is 5.69 Å². The highest BCUT2D eigenvalue weighted by Crippen LogP contribution is 2.26. The zero-order valence-electron chi connectivity index (χ0n) is 16.2. The second kappa shape index (κ2) is 9.05. The van der Waals surface area contributed by atoms with Crippen LogP contribution in [0, 0.1) is 5.82 Å². The second-order valence-corrected chi connectivity index (χ2v) is 6.45. The van der Waals surface area contributed by atoms with Crippen molar-refractivity contribution in [1.29, 1.82) is 0 Å². The Morgan fingerprint density at radius 1 is 1.10 bits per heavy atom. The van der Waals surface area contributed by atoms with Gasteiger partial charge in [0.2, 0.25) is 5.91 Å². The number of halogens is 1. The molecule has 2 aromatic heterocycles. The molecule has 148 valence electrons. The number of amides is 2. The Hall–Kier alpha value is -3.61. The third-order valence-electron chi connectivity index (χ3n) is 4.49. The Morgan fingerprint density at radius 2 is 1.90 bits per heavy atom. The smallest absolute Gasteiger partial charge is 0.270 e. The minimum Gasteiger partial charge on any atom is -0.347 e. The maximum absolute atomic E-state index is 14.5. The first-order chi connectivity index (χ1) is 14.0. The van der Waals surface area contributed by atoms with E-state index in [1.54, 1.807) is 56.7 Å². The van der Waals surface area contributed by atoms with E-state index < -0.39 is 5.82 Å². The van der Waals surface area contributed by atoms with Gasteiger partial charge in [0.25, 0.3) is 5.91 Å². The van der Waals surface area contributed by atoms with E-state index in [2.05, 4.69) is 15.3 Å². The highest BCUT2D eigenvalue weighted by atomic mass is 19.1. The molecule has 1 aromatic carbocycles. The van der Waals surface area contributed by atoms with E-state index in [0.29, 0.717) is 24.1 Å². The summed E-state index contributed by atoms with van der Waals surface area (Å²) in [6.45, 7) is 2.08. The maximum atomic E-state index is 14.5. The molecule has 0 aliphatic carbocycles. The summed E-state index contributed by atoms with van der Waals surface area (Å²) in [5.41, 5.74) is 2.66. The topological polar surface area (TPSA) is 75.2 Å². The second-order valence-electron chi connectivity index (χ2n) is 6.45. The van der Waals surface area contributed by atoms with Crippen LogP contribution in [0.3, 0.4) is 0 Å². The molecule has 0 fully saturated rings. The lowest BCUT2D eigenvalue weighted by Crippen LogP contribution is -2.26. The van der Waals surface area contributed by atoms with Crippen molar-refractivity contribution in [3.8, 4) is 11.1 Å². The minimum atomic E-state index is -0.495. The summed E-state index contributed by atoms with van der Waals surface area (Å²) >= 11 is 0. The van der Waals surface area contributed by atoms with E-state index in [-0.39, 0.29) is 23.2 Å². The van der Waals surface area contributed by atoms with Crippen molar-refractivity contribution in [2.24, 2.45) is 0 Å². The zero-order valence-corrected chi connectivity index (χ0v) is 16.2. The molecule has 6 nitrogen and oxygen atoms in total. The highest BCUT2D eigenvalue weighted by Gasteiger charge is 2.14. The molecule has 7 heteroatoms. The number of nitrogens with zero attached hydrogens (tertiary/aromatic N) is 3. The largest absolute Gasteiger partial charge is 0.347 e. The van der Waals surface area contributed by atoms with Crippen LogP contribution in [0.15, 0.2) is 61.1 Å². The van der Waals surface area contributed by atoms with Crippen molar-refractivity contribution in [2.75, 3.05) is 11.9 Å². The number of rotatable bonds is 6. The van der Waals surface area contributed by atoms with Gasteiger partial charge in [0, 0.05) is 44.2 Å². The number of carbonyl (C=O) groups is 2. The summed E-state index contributed by atoms with van der Waals surface area (Å²) in [5.74, 6) is -0.966. The standard InChI is InChI=1S/C22H21FN4O2/c1-3-21(28)27(2)20-9-7-16(11-18(20)23)17-6-8-19(25-14-17)22(29)26-13-15-5-4-10-24-12-15/h4-12,14H,3,13H2,1-2H3,(H,26,29). The molecular formula is C22H21FN4O2. The molecule has 0 spiro atoms. The number of benzene rings is 1. The van der Waals surface area contributed by atoms with Crippen LogP contribution in [0.25, 0.3) is 11.1 Å². The van der Waals surface area contributed by atoms with Gasteiger partial charge in [-0.05, 0) is 35.4 Å². The van der Waals surface area contributed by atoms with Crippen molar-refractivity contribution >= 4 is 17.5 Å². The quantitative estimate of drug-likeness (QED) is 0.696. The van der Waals surface area contributed by atoms with Crippen LogP contribution >= 0.6 is 0 Å². The van der Waals surface area contributed by atoms with E-state index in [0.717, 1.165) is 5.56 Å². The molecule has 3 aromatic rings. The molecule has 0 bridgehead atoms. The number of anilines is 1. The molecule has 3 rings (SSSR count). The van der Waals surface area contributed by atoms with E-state index in [1.807, 2.05) is 6.07 Å². The Bertz CT molecular complexity index is 1010. The van der Waals surface area contributed by atoms with Gasteiger partial charge < -0.3 is 10.2 Å². The van der Waals surface area contributed by atoms with E-state index in [1.165, 1.54) is 17.2 Å². The molecule has 2 amide bonds. The monoisotopic (exact) mass is 392 g/mol. The van der Waals surface area contributed by atoms with Gasteiger partial charge in [0.15, 0.2) is 0 Å². The van der Waals surface area contributed by atoms with E-state index in [4.69, 9.17) is 0 Å². The molecule has 0 saturated heterocycles. The third kappa shape index (κ3) is 4.82. The Balaban J connectivity index is 1.70. The predicted molar refractivity (Wildman–Crippen MR) is 109 cm³/mol. The van der Waals surface area contributed by atoms with Gasteiger partial charge in [-0.1, -0.05) is 25.1 Å². The normalized spacial score (nSPS) is 10.4. The number of pyridine rings is 2. The first kappa shape index (κ1) is 20.1. The van der Waals surface area contributed by atoms with Crippen molar-refractivity contribution < 1.29 is 14.0 Å². The van der Waals surface area contributed by atoms with Crippen LogP contribution < -0.4 is 10.2 Å².